The van der Waals surface area contributed by atoms with Gasteiger partial charge in [-0.25, -0.2) is 4.39 Å². The van der Waals surface area contributed by atoms with Crippen molar-refractivity contribution in [2.75, 3.05) is 13.1 Å². The SMILES string of the molecule is C=CCN1CCCC[C@H]1[C@H](Cl)c1cc(F)cc(Cl)c1. The largest absolute Gasteiger partial charge is 0.295 e. The number of halogens is 3. The second-order valence-electron chi connectivity index (χ2n) is 4.95. The van der Waals surface area contributed by atoms with Gasteiger partial charge in [-0.3, -0.25) is 4.90 Å². The topological polar surface area (TPSA) is 3.24 Å². The minimum absolute atomic E-state index is 0.214. The second-order valence-corrected chi connectivity index (χ2v) is 5.86. The van der Waals surface area contributed by atoms with Crippen molar-refractivity contribution in [2.45, 2.75) is 30.7 Å². The molecule has 1 heterocycles. The molecule has 0 saturated carbocycles. The van der Waals surface area contributed by atoms with Crippen LogP contribution in [0.4, 0.5) is 4.39 Å². The van der Waals surface area contributed by atoms with Gasteiger partial charge in [-0.1, -0.05) is 24.1 Å². The molecule has 2 rings (SSSR count). The Balaban J connectivity index is 2.20. The summed E-state index contributed by atoms with van der Waals surface area (Å²) in [6.07, 6.45) is 5.25. The van der Waals surface area contributed by atoms with Crippen LogP contribution in [-0.2, 0) is 0 Å². The van der Waals surface area contributed by atoms with Gasteiger partial charge in [-0.05, 0) is 43.1 Å². The lowest BCUT2D eigenvalue weighted by Gasteiger charge is -2.37. The van der Waals surface area contributed by atoms with E-state index in [4.69, 9.17) is 23.2 Å². The zero-order chi connectivity index (χ0) is 13.8. The van der Waals surface area contributed by atoms with E-state index in [1.165, 1.54) is 18.6 Å². The lowest BCUT2D eigenvalue weighted by Crippen LogP contribution is -2.42. The first-order chi connectivity index (χ1) is 9.11. The monoisotopic (exact) mass is 301 g/mol. The Labute approximate surface area is 124 Å². The van der Waals surface area contributed by atoms with Crippen LogP contribution in [0.15, 0.2) is 30.9 Å². The zero-order valence-electron chi connectivity index (χ0n) is 10.8. The maximum atomic E-state index is 13.4. The normalized spacial score (nSPS) is 22.2. The fourth-order valence-corrected chi connectivity index (χ4v) is 3.34. The molecule has 0 bridgehead atoms. The van der Waals surface area contributed by atoms with E-state index in [0.29, 0.717) is 5.02 Å². The molecular formula is C15H18Cl2FN. The molecule has 0 spiro atoms. The molecule has 19 heavy (non-hydrogen) atoms. The van der Waals surface area contributed by atoms with Crippen LogP contribution >= 0.6 is 23.2 Å². The van der Waals surface area contributed by atoms with Gasteiger partial charge in [0.25, 0.3) is 0 Å². The molecule has 0 radical (unpaired) electrons. The lowest BCUT2D eigenvalue weighted by molar-refractivity contribution is 0.160. The van der Waals surface area contributed by atoms with Crippen molar-refractivity contribution < 1.29 is 4.39 Å². The molecule has 0 aliphatic carbocycles. The molecule has 0 aromatic heterocycles. The molecular weight excluding hydrogens is 284 g/mol. The van der Waals surface area contributed by atoms with Crippen molar-refractivity contribution in [3.05, 3.63) is 47.3 Å². The second kappa shape index (κ2) is 6.74. The van der Waals surface area contributed by atoms with Gasteiger partial charge < -0.3 is 0 Å². The third-order valence-electron chi connectivity index (χ3n) is 3.57. The highest BCUT2D eigenvalue weighted by Crippen LogP contribution is 2.34. The number of hydrogen-bond acceptors (Lipinski definition) is 1. The molecule has 1 aliphatic heterocycles. The Morgan fingerprint density at radius 2 is 2.21 bits per heavy atom. The number of rotatable bonds is 4. The van der Waals surface area contributed by atoms with Crippen LogP contribution in [0.5, 0.6) is 0 Å². The van der Waals surface area contributed by atoms with Crippen LogP contribution < -0.4 is 0 Å². The predicted molar refractivity (Wildman–Crippen MR) is 79.4 cm³/mol. The third kappa shape index (κ3) is 3.71. The fraction of sp³-hybridized carbons (Fsp3) is 0.467. The van der Waals surface area contributed by atoms with Gasteiger partial charge in [-0.2, -0.15) is 0 Å². The Hall–Kier alpha value is -0.570. The van der Waals surface area contributed by atoms with Crippen LogP contribution in [0.3, 0.4) is 0 Å². The number of nitrogens with zero attached hydrogens (tertiary/aromatic N) is 1. The number of alkyl halides is 1. The minimum Gasteiger partial charge on any atom is -0.295 e. The number of likely N-dealkylation sites (tertiary alicyclic amines) is 1. The van der Waals surface area contributed by atoms with E-state index >= 15 is 0 Å². The van der Waals surface area contributed by atoms with Crippen molar-refractivity contribution in [3.63, 3.8) is 0 Å². The van der Waals surface area contributed by atoms with Crippen LogP contribution in [0.25, 0.3) is 0 Å². The number of piperidine rings is 1. The lowest BCUT2D eigenvalue weighted by atomic mass is 9.95. The van der Waals surface area contributed by atoms with Gasteiger partial charge in [0.1, 0.15) is 5.82 Å². The van der Waals surface area contributed by atoms with E-state index in [1.807, 2.05) is 6.08 Å². The number of hydrogen-bond donors (Lipinski definition) is 0. The molecule has 0 amide bonds. The fourth-order valence-electron chi connectivity index (χ4n) is 2.70. The van der Waals surface area contributed by atoms with Crippen LogP contribution in [0.2, 0.25) is 5.02 Å². The summed E-state index contributed by atoms with van der Waals surface area (Å²) >= 11 is 12.5. The summed E-state index contributed by atoms with van der Waals surface area (Å²) in [7, 11) is 0. The molecule has 104 valence electrons. The highest BCUT2D eigenvalue weighted by molar-refractivity contribution is 6.30. The highest BCUT2D eigenvalue weighted by Gasteiger charge is 2.29. The Morgan fingerprint density at radius 3 is 2.89 bits per heavy atom. The summed E-state index contributed by atoms with van der Waals surface area (Å²) in [4.78, 5) is 2.31. The van der Waals surface area contributed by atoms with E-state index < -0.39 is 0 Å². The van der Waals surface area contributed by atoms with Crippen LogP contribution in [-0.4, -0.2) is 24.0 Å². The minimum atomic E-state index is -0.334. The first-order valence-electron chi connectivity index (χ1n) is 6.57. The van der Waals surface area contributed by atoms with Gasteiger partial charge in [0, 0.05) is 17.6 Å². The highest BCUT2D eigenvalue weighted by atomic mass is 35.5. The molecule has 0 unspecified atom stereocenters. The van der Waals surface area contributed by atoms with Crippen LogP contribution in [0.1, 0.15) is 30.2 Å². The maximum Gasteiger partial charge on any atom is 0.125 e. The van der Waals surface area contributed by atoms with Gasteiger partial charge in [0.15, 0.2) is 0 Å². The molecule has 0 N–H and O–H groups in total. The summed E-state index contributed by atoms with van der Waals surface area (Å²) in [5, 5.41) is 0.153. The van der Waals surface area contributed by atoms with E-state index in [-0.39, 0.29) is 17.2 Å². The maximum absolute atomic E-state index is 13.4. The van der Waals surface area contributed by atoms with Gasteiger partial charge in [0.05, 0.1) is 5.38 Å². The van der Waals surface area contributed by atoms with Gasteiger partial charge in [-0.15, -0.1) is 18.2 Å². The van der Waals surface area contributed by atoms with E-state index in [9.17, 15) is 4.39 Å². The molecule has 1 aliphatic rings. The quantitative estimate of drug-likeness (QED) is 0.570. The van der Waals surface area contributed by atoms with Gasteiger partial charge >= 0.3 is 0 Å². The number of benzene rings is 1. The third-order valence-corrected chi connectivity index (χ3v) is 4.33. The van der Waals surface area contributed by atoms with Gasteiger partial charge in [0.2, 0.25) is 0 Å². The summed E-state index contributed by atoms with van der Waals surface area (Å²) in [6.45, 7) is 5.62. The predicted octanol–water partition coefficient (Wildman–Crippen LogP) is 4.80. The summed E-state index contributed by atoms with van der Waals surface area (Å²) in [6, 6.07) is 4.75. The molecule has 2 atom stereocenters. The average molecular weight is 302 g/mol. The summed E-state index contributed by atoms with van der Waals surface area (Å²) in [5.74, 6) is -0.334. The van der Waals surface area contributed by atoms with Crippen molar-refractivity contribution in [3.8, 4) is 0 Å². The summed E-state index contributed by atoms with van der Waals surface area (Å²) in [5.41, 5.74) is 0.757. The van der Waals surface area contributed by atoms with Crippen molar-refractivity contribution >= 4 is 23.2 Å². The standard InChI is InChI=1S/C15H18Cl2FN/c1-2-6-19-7-4-3-5-14(19)15(17)11-8-12(16)10-13(18)9-11/h2,8-10,14-15H,1,3-7H2/t14-,15+/m0/s1. The first-order valence-corrected chi connectivity index (χ1v) is 7.38. The smallest absolute Gasteiger partial charge is 0.125 e. The Bertz CT molecular complexity index is 430. The molecule has 1 saturated heterocycles. The molecule has 4 heteroatoms. The average Bonchev–Trinajstić information content (AvgIpc) is 2.38. The first kappa shape index (κ1) is 14.8. The zero-order valence-corrected chi connectivity index (χ0v) is 12.3. The van der Waals surface area contributed by atoms with Crippen LogP contribution in [0, 0.1) is 5.82 Å². The van der Waals surface area contributed by atoms with Crippen molar-refractivity contribution in [1.29, 1.82) is 0 Å². The van der Waals surface area contributed by atoms with E-state index in [1.54, 1.807) is 6.07 Å². The van der Waals surface area contributed by atoms with E-state index in [0.717, 1.165) is 31.5 Å². The Kier molecular flexibility index (Phi) is 5.26. The summed E-state index contributed by atoms with van der Waals surface area (Å²) < 4.78 is 13.4. The molecule has 1 aromatic carbocycles. The van der Waals surface area contributed by atoms with Crippen molar-refractivity contribution in [1.82, 2.24) is 4.90 Å². The molecule has 1 aromatic rings. The molecule has 1 fully saturated rings. The Morgan fingerprint density at radius 1 is 1.42 bits per heavy atom. The van der Waals surface area contributed by atoms with E-state index in [2.05, 4.69) is 11.5 Å². The van der Waals surface area contributed by atoms with Crippen molar-refractivity contribution in [2.24, 2.45) is 0 Å². The molecule has 1 nitrogen and oxygen atoms in total.